The number of nitrogens with zero attached hydrogens (tertiary/aromatic N) is 2. The smallest absolute Gasteiger partial charge is 0.188 e. The molecule has 0 aromatic carbocycles. The van der Waals surface area contributed by atoms with E-state index in [0.717, 1.165) is 11.4 Å². The van der Waals surface area contributed by atoms with E-state index in [0.29, 0.717) is 11.1 Å². The molecule has 0 aliphatic carbocycles. The number of rotatable bonds is 5. The molecule has 0 bridgehead atoms. The van der Waals surface area contributed by atoms with Gasteiger partial charge in [-0.3, -0.25) is 0 Å². The molecule has 0 spiro atoms. The molecule has 4 nitrogen and oxygen atoms in total. The second-order valence-electron chi connectivity index (χ2n) is 4.59. The SMILES string of the molecule is Cc1cc(C)nc(SC(CO)C(N)C(C)C)n1. The van der Waals surface area contributed by atoms with E-state index in [9.17, 15) is 5.11 Å². The van der Waals surface area contributed by atoms with Crippen molar-refractivity contribution in [3.05, 3.63) is 17.5 Å². The van der Waals surface area contributed by atoms with Gasteiger partial charge >= 0.3 is 0 Å². The van der Waals surface area contributed by atoms with E-state index < -0.39 is 0 Å². The van der Waals surface area contributed by atoms with E-state index in [1.807, 2.05) is 19.9 Å². The van der Waals surface area contributed by atoms with Crippen molar-refractivity contribution in [2.24, 2.45) is 11.7 Å². The molecule has 1 rings (SSSR count). The Morgan fingerprint density at radius 2 is 1.82 bits per heavy atom. The van der Waals surface area contributed by atoms with Crippen molar-refractivity contribution in [2.75, 3.05) is 6.61 Å². The lowest BCUT2D eigenvalue weighted by Gasteiger charge is -2.23. The Balaban J connectivity index is 2.80. The highest BCUT2D eigenvalue weighted by Gasteiger charge is 2.22. The first-order valence-electron chi connectivity index (χ1n) is 5.79. The first-order valence-corrected chi connectivity index (χ1v) is 6.67. The van der Waals surface area contributed by atoms with E-state index in [1.165, 1.54) is 11.8 Å². The van der Waals surface area contributed by atoms with Gasteiger partial charge in [0.15, 0.2) is 5.16 Å². The largest absolute Gasteiger partial charge is 0.395 e. The average Bonchev–Trinajstić information content (AvgIpc) is 2.23. The van der Waals surface area contributed by atoms with Crippen LogP contribution in [0.4, 0.5) is 0 Å². The van der Waals surface area contributed by atoms with Crippen molar-refractivity contribution >= 4 is 11.8 Å². The van der Waals surface area contributed by atoms with E-state index >= 15 is 0 Å². The summed E-state index contributed by atoms with van der Waals surface area (Å²) in [6, 6.07) is 1.87. The normalized spacial score (nSPS) is 15.0. The van der Waals surface area contributed by atoms with Crippen molar-refractivity contribution in [3.63, 3.8) is 0 Å². The highest BCUT2D eigenvalue weighted by molar-refractivity contribution is 7.99. The van der Waals surface area contributed by atoms with Gasteiger partial charge in [-0.05, 0) is 25.8 Å². The Labute approximate surface area is 107 Å². The van der Waals surface area contributed by atoms with Crippen LogP contribution in [0.15, 0.2) is 11.2 Å². The van der Waals surface area contributed by atoms with Crippen molar-refractivity contribution in [1.29, 1.82) is 0 Å². The minimum atomic E-state index is -0.0607. The molecule has 0 saturated carbocycles. The van der Waals surface area contributed by atoms with Crippen LogP contribution in [0.1, 0.15) is 25.2 Å². The second-order valence-corrected chi connectivity index (χ2v) is 5.80. The molecule has 0 saturated heterocycles. The zero-order valence-corrected chi connectivity index (χ0v) is 11.7. The molecule has 1 aromatic heterocycles. The number of nitrogens with two attached hydrogens (primary N) is 1. The maximum Gasteiger partial charge on any atom is 0.188 e. The van der Waals surface area contributed by atoms with Gasteiger partial charge in [0.25, 0.3) is 0 Å². The van der Waals surface area contributed by atoms with Gasteiger partial charge in [-0.1, -0.05) is 25.6 Å². The molecule has 0 aliphatic heterocycles. The average molecular weight is 255 g/mol. The Morgan fingerprint density at radius 3 is 2.24 bits per heavy atom. The third-order valence-corrected chi connectivity index (χ3v) is 3.76. The first-order chi connectivity index (χ1) is 7.93. The number of aliphatic hydroxyl groups is 1. The van der Waals surface area contributed by atoms with Crippen LogP contribution in [0.5, 0.6) is 0 Å². The Hall–Kier alpha value is -0.650. The van der Waals surface area contributed by atoms with Crippen molar-refractivity contribution in [1.82, 2.24) is 9.97 Å². The Bertz CT molecular complexity index is 351. The number of aromatic nitrogens is 2. The lowest BCUT2D eigenvalue weighted by atomic mass is 10.0. The van der Waals surface area contributed by atoms with Crippen LogP contribution in [-0.4, -0.2) is 33.0 Å². The third-order valence-electron chi connectivity index (χ3n) is 2.60. The third kappa shape index (κ3) is 4.26. The molecular formula is C12H21N3OS. The highest BCUT2D eigenvalue weighted by atomic mass is 32.2. The summed E-state index contributed by atoms with van der Waals surface area (Å²) in [5.74, 6) is 0.325. The first kappa shape index (κ1) is 14.4. The van der Waals surface area contributed by atoms with Crippen LogP contribution >= 0.6 is 11.8 Å². The molecule has 2 atom stereocenters. The summed E-state index contributed by atoms with van der Waals surface area (Å²) in [5, 5.41) is 10.0. The summed E-state index contributed by atoms with van der Waals surface area (Å²) in [6.07, 6.45) is 0. The molecule has 17 heavy (non-hydrogen) atoms. The van der Waals surface area contributed by atoms with Gasteiger partial charge in [0.1, 0.15) is 0 Å². The van der Waals surface area contributed by atoms with Crippen molar-refractivity contribution in [3.8, 4) is 0 Å². The Morgan fingerprint density at radius 1 is 1.29 bits per heavy atom. The maximum absolute atomic E-state index is 9.39. The lowest BCUT2D eigenvalue weighted by molar-refractivity contribution is 0.269. The summed E-state index contributed by atoms with van der Waals surface area (Å²) in [4.78, 5) is 8.70. The van der Waals surface area contributed by atoms with Gasteiger partial charge in [0, 0.05) is 17.4 Å². The van der Waals surface area contributed by atoms with Gasteiger partial charge in [-0.2, -0.15) is 0 Å². The van der Waals surface area contributed by atoms with E-state index in [2.05, 4.69) is 23.8 Å². The summed E-state index contributed by atoms with van der Waals surface area (Å²) in [7, 11) is 0. The monoisotopic (exact) mass is 255 g/mol. The maximum atomic E-state index is 9.39. The van der Waals surface area contributed by atoms with Gasteiger partial charge in [-0.25, -0.2) is 9.97 Å². The van der Waals surface area contributed by atoms with Gasteiger partial charge in [0.2, 0.25) is 0 Å². The van der Waals surface area contributed by atoms with Crippen LogP contribution in [0.2, 0.25) is 0 Å². The van der Waals surface area contributed by atoms with E-state index in [4.69, 9.17) is 5.73 Å². The molecule has 1 heterocycles. The van der Waals surface area contributed by atoms with Gasteiger partial charge < -0.3 is 10.8 Å². The van der Waals surface area contributed by atoms with Gasteiger partial charge in [-0.15, -0.1) is 0 Å². The lowest BCUT2D eigenvalue weighted by Crippen LogP contribution is -2.39. The molecule has 2 unspecified atom stereocenters. The molecule has 0 aliphatic rings. The van der Waals surface area contributed by atoms with Gasteiger partial charge in [0.05, 0.1) is 11.9 Å². The number of aryl methyl sites for hydroxylation is 2. The fourth-order valence-corrected chi connectivity index (χ4v) is 2.76. The zero-order chi connectivity index (χ0) is 13.0. The predicted molar refractivity (Wildman–Crippen MR) is 71.1 cm³/mol. The quantitative estimate of drug-likeness (QED) is 0.616. The fourth-order valence-electron chi connectivity index (χ4n) is 1.55. The second kappa shape index (κ2) is 6.33. The van der Waals surface area contributed by atoms with Crippen LogP contribution < -0.4 is 5.73 Å². The number of aliphatic hydroxyl groups excluding tert-OH is 1. The van der Waals surface area contributed by atoms with Crippen LogP contribution in [0.3, 0.4) is 0 Å². The molecule has 0 fully saturated rings. The standard InChI is InChI=1S/C12H21N3OS/c1-7(2)11(13)10(6-16)17-12-14-8(3)5-9(4)15-12/h5,7,10-11,16H,6,13H2,1-4H3. The molecular weight excluding hydrogens is 234 g/mol. The minimum absolute atomic E-state index is 0.0420. The summed E-state index contributed by atoms with van der Waals surface area (Å²) >= 11 is 1.46. The predicted octanol–water partition coefficient (Wildman–Crippen LogP) is 1.53. The molecule has 3 N–H and O–H groups in total. The van der Waals surface area contributed by atoms with Crippen LogP contribution in [-0.2, 0) is 0 Å². The summed E-state index contributed by atoms with van der Waals surface area (Å²) in [6.45, 7) is 8.02. The molecule has 0 radical (unpaired) electrons. The van der Waals surface area contributed by atoms with E-state index in [1.54, 1.807) is 0 Å². The molecule has 1 aromatic rings. The molecule has 96 valence electrons. The minimum Gasteiger partial charge on any atom is -0.395 e. The number of hydrogen-bond acceptors (Lipinski definition) is 5. The zero-order valence-electron chi connectivity index (χ0n) is 10.8. The number of hydrogen-bond donors (Lipinski definition) is 2. The fraction of sp³-hybridized carbons (Fsp3) is 0.667. The Kier molecular flexibility index (Phi) is 5.36. The van der Waals surface area contributed by atoms with Crippen molar-refractivity contribution in [2.45, 2.75) is 44.1 Å². The summed E-state index contributed by atoms with van der Waals surface area (Å²) < 4.78 is 0. The number of thioether (sulfide) groups is 1. The van der Waals surface area contributed by atoms with Crippen LogP contribution in [0, 0.1) is 19.8 Å². The summed E-state index contributed by atoms with van der Waals surface area (Å²) in [5.41, 5.74) is 7.94. The van der Waals surface area contributed by atoms with Crippen molar-refractivity contribution < 1.29 is 5.11 Å². The molecule has 0 amide bonds. The topological polar surface area (TPSA) is 72.0 Å². The highest BCUT2D eigenvalue weighted by Crippen LogP contribution is 2.24. The van der Waals surface area contributed by atoms with E-state index in [-0.39, 0.29) is 17.9 Å². The van der Waals surface area contributed by atoms with Crippen LogP contribution in [0.25, 0.3) is 0 Å². The molecule has 5 heteroatoms.